The Balaban J connectivity index is 1.38. The van der Waals surface area contributed by atoms with E-state index in [4.69, 9.17) is 9.15 Å². The fourth-order valence-electron chi connectivity index (χ4n) is 3.73. The Morgan fingerprint density at radius 2 is 1.90 bits per heavy atom. The monoisotopic (exact) mass is 422 g/mol. The summed E-state index contributed by atoms with van der Waals surface area (Å²) >= 11 is 0. The van der Waals surface area contributed by atoms with Crippen LogP contribution in [-0.4, -0.2) is 36.9 Å². The number of hydrogen-bond acceptors (Lipinski definition) is 4. The third-order valence-electron chi connectivity index (χ3n) is 5.38. The van der Waals surface area contributed by atoms with E-state index in [-0.39, 0.29) is 35.3 Å². The summed E-state index contributed by atoms with van der Waals surface area (Å²) in [6, 6.07) is 16.8. The molecule has 160 valence electrons. The maximum Gasteiger partial charge on any atom is 0.289 e. The van der Waals surface area contributed by atoms with Crippen molar-refractivity contribution in [3.05, 3.63) is 72.2 Å². The third kappa shape index (κ3) is 4.77. The third-order valence-corrected chi connectivity index (χ3v) is 5.38. The summed E-state index contributed by atoms with van der Waals surface area (Å²) in [5, 5.41) is 2.92. The summed E-state index contributed by atoms with van der Waals surface area (Å²) in [6.45, 7) is 0.906. The molecule has 2 heterocycles. The summed E-state index contributed by atoms with van der Waals surface area (Å²) in [4.78, 5) is 27.1. The molecule has 1 aromatic heterocycles. The molecule has 3 aromatic rings. The first-order valence-electron chi connectivity index (χ1n) is 10.1. The quantitative estimate of drug-likeness (QED) is 0.653. The van der Waals surface area contributed by atoms with Gasteiger partial charge in [-0.15, -0.1) is 0 Å². The number of ether oxygens (including phenoxy) is 1. The molecule has 2 amide bonds. The first-order chi connectivity index (χ1) is 15.0. The topological polar surface area (TPSA) is 71.8 Å². The molecule has 0 radical (unpaired) electrons. The Morgan fingerprint density at radius 1 is 1.10 bits per heavy atom. The Labute approximate surface area is 179 Å². The van der Waals surface area contributed by atoms with Crippen LogP contribution in [0.5, 0.6) is 5.95 Å². The molecule has 2 aromatic carbocycles. The first kappa shape index (κ1) is 20.7. The van der Waals surface area contributed by atoms with Crippen molar-refractivity contribution < 1.29 is 23.1 Å². The number of carbonyl (C=O) groups excluding carboxylic acids is 2. The molecule has 1 aliphatic rings. The minimum Gasteiger partial charge on any atom is -0.468 e. The fraction of sp³-hybridized carbons (Fsp3) is 0.250. The van der Waals surface area contributed by atoms with E-state index in [1.54, 1.807) is 35.2 Å². The van der Waals surface area contributed by atoms with E-state index >= 15 is 0 Å². The highest BCUT2D eigenvalue weighted by Gasteiger charge is 2.30. The van der Waals surface area contributed by atoms with Crippen molar-refractivity contribution >= 4 is 17.5 Å². The number of rotatable bonds is 5. The molecule has 1 atom stereocenters. The Kier molecular flexibility index (Phi) is 6.02. The van der Waals surface area contributed by atoms with Crippen LogP contribution in [0.25, 0.3) is 11.1 Å². The second-order valence-corrected chi connectivity index (χ2v) is 7.49. The number of amides is 2. The SMILES string of the molecule is COc1ccc(C(=O)N2CCC[C@@H](C(=O)Nc3ccc(-c4cccc(F)c4)cc3)C2)o1. The Bertz CT molecular complexity index is 1080. The van der Waals surface area contributed by atoms with Crippen molar-refractivity contribution in [2.24, 2.45) is 5.92 Å². The van der Waals surface area contributed by atoms with Crippen molar-refractivity contribution in [2.75, 3.05) is 25.5 Å². The standard InChI is InChI=1S/C24H23FN2O4/c1-30-22-12-11-21(31-22)24(29)27-13-3-5-18(15-27)23(28)26-20-9-7-16(8-10-20)17-4-2-6-19(25)14-17/h2,4,6-12,14,18H,3,5,13,15H2,1H3,(H,26,28)/t18-/m1/s1. The van der Waals surface area contributed by atoms with Gasteiger partial charge < -0.3 is 19.4 Å². The summed E-state index contributed by atoms with van der Waals surface area (Å²) in [7, 11) is 1.47. The van der Waals surface area contributed by atoms with Gasteiger partial charge in [0.2, 0.25) is 5.91 Å². The number of methoxy groups -OCH3 is 1. The molecule has 1 saturated heterocycles. The number of anilines is 1. The van der Waals surface area contributed by atoms with Crippen LogP contribution in [-0.2, 0) is 4.79 Å². The highest BCUT2D eigenvalue weighted by atomic mass is 19.1. The van der Waals surface area contributed by atoms with Crippen molar-refractivity contribution in [1.29, 1.82) is 0 Å². The predicted molar refractivity (Wildman–Crippen MR) is 114 cm³/mol. The van der Waals surface area contributed by atoms with Crippen molar-refractivity contribution in [1.82, 2.24) is 4.90 Å². The molecular formula is C24H23FN2O4. The predicted octanol–water partition coefficient (Wildman–Crippen LogP) is 4.59. The number of nitrogens with one attached hydrogen (secondary N) is 1. The number of hydrogen-bond donors (Lipinski definition) is 1. The maximum absolute atomic E-state index is 13.4. The molecule has 0 bridgehead atoms. The van der Waals surface area contributed by atoms with Crippen molar-refractivity contribution in [3.63, 3.8) is 0 Å². The van der Waals surface area contributed by atoms with Gasteiger partial charge in [-0.25, -0.2) is 4.39 Å². The first-order valence-corrected chi connectivity index (χ1v) is 10.1. The number of benzene rings is 2. The van der Waals surface area contributed by atoms with Crippen molar-refractivity contribution in [3.8, 4) is 17.1 Å². The second-order valence-electron chi connectivity index (χ2n) is 7.49. The van der Waals surface area contributed by atoms with Crippen LogP contribution in [0.4, 0.5) is 10.1 Å². The summed E-state index contributed by atoms with van der Waals surface area (Å²) in [5.41, 5.74) is 2.29. The summed E-state index contributed by atoms with van der Waals surface area (Å²) < 4.78 is 23.8. The summed E-state index contributed by atoms with van der Waals surface area (Å²) in [6.07, 6.45) is 1.44. The van der Waals surface area contributed by atoms with Crippen LogP contribution in [0.15, 0.2) is 65.1 Å². The van der Waals surface area contributed by atoms with Gasteiger partial charge in [0.1, 0.15) is 5.82 Å². The number of halogens is 1. The van der Waals surface area contributed by atoms with Crippen LogP contribution < -0.4 is 10.1 Å². The van der Waals surface area contributed by atoms with E-state index in [0.717, 1.165) is 17.5 Å². The van der Waals surface area contributed by atoms with Gasteiger partial charge in [-0.3, -0.25) is 9.59 Å². The summed E-state index contributed by atoms with van der Waals surface area (Å²) in [5.74, 6) is -0.507. The molecule has 4 rings (SSSR count). The highest BCUT2D eigenvalue weighted by Crippen LogP contribution is 2.25. The van der Waals surface area contributed by atoms with Gasteiger partial charge in [-0.2, -0.15) is 0 Å². The van der Waals surface area contributed by atoms with E-state index in [0.29, 0.717) is 25.2 Å². The molecule has 31 heavy (non-hydrogen) atoms. The molecule has 1 fully saturated rings. The molecule has 6 nitrogen and oxygen atoms in total. The van der Waals surface area contributed by atoms with E-state index in [1.807, 2.05) is 18.2 Å². The van der Waals surface area contributed by atoms with Gasteiger partial charge in [-0.05, 0) is 54.3 Å². The zero-order chi connectivity index (χ0) is 21.8. The molecule has 0 saturated carbocycles. The van der Waals surface area contributed by atoms with E-state index < -0.39 is 0 Å². The lowest BCUT2D eigenvalue weighted by Crippen LogP contribution is -2.43. The number of piperidine rings is 1. The van der Waals surface area contributed by atoms with Gasteiger partial charge in [-0.1, -0.05) is 24.3 Å². The lowest BCUT2D eigenvalue weighted by molar-refractivity contribution is -0.121. The zero-order valence-electron chi connectivity index (χ0n) is 17.1. The van der Waals surface area contributed by atoms with Crippen LogP contribution in [0.2, 0.25) is 0 Å². The zero-order valence-corrected chi connectivity index (χ0v) is 17.1. The molecule has 0 aliphatic carbocycles. The lowest BCUT2D eigenvalue weighted by Gasteiger charge is -2.31. The van der Waals surface area contributed by atoms with Gasteiger partial charge in [0.15, 0.2) is 5.76 Å². The molecule has 1 N–H and O–H groups in total. The molecular weight excluding hydrogens is 399 g/mol. The molecule has 7 heteroatoms. The minimum absolute atomic E-state index is 0.131. The average Bonchev–Trinajstić information content (AvgIpc) is 3.28. The minimum atomic E-state index is -0.308. The van der Waals surface area contributed by atoms with E-state index in [2.05, 4.69) is 5.32 Å². The maximum atomic E-state index is 13.4. The van der Waals surface area contributed by atoms with Gasteiger partial charge >= 0.3 is 0 Å². The average molecular weight is 422 g/mol. The fourth-order valence-corrected chi connectivity index (χ4v) is 3.73. The van der Waals surface area contributed by atoms with Crippen LogP contribution >= 0.6 is 0 Å². The van der Waals surface area contributed by atoms with Crippen LogP contribution in [0.1, 0.15) is 23.4 Å². The normalized spacial score (nSPS) is 16.1. The van der Waals surface area contributed by atoms with E-state index in [9.17, 15) is 14.0 Å². The van der Waals surface area contributed by atoms with Crippen LogP contribution in [0, 0.1) is 11.7 Å². The number of furan rings is 1. The van der Waals surface area contributed by atoms with Gasteiger partial charge in [0, 0.05) is 24.8 Å². The molecule has 1 aliphatic heterocycles. The van der Waals surface area contributed by atoms with Gasteiger partial charge in [0.25, 0.3) is 11.9 Å². The van der Waals surface area contributed by atoms with E-state index in [1.165, 1.54) is 19.2 Å². The Morgan fingerprint density at radius 3 is 2.61 bits per heavy atom. The lowest BCUT2D eigenvalue weighted by atomic mass is 9.96. The molecule has 0 unspecified atom stereocenters. The van der Waals surface area contributed by atoms with Crippen LogP contribution in [0.3, 0.4) is 0 Å². The van der Waals surface area contributed by atoms with Gasteiger partial charge in [0.05, 0.1) is 13.0 Å². The number of nitrogens with zero attached hydrogens (tertiary/aromatic N) is 1. The second kappa shape index (κ2) is 9.04. The largest absolute Gasteiger partial charge is 0.468 e. The number of likely N-dealkylation sites (tertiary alicyclic amines) is 1. The number of carbonyl (C=O) groups is 2. The smallest absolute Gasteiger partial charge is 0.289 e. The Hall–Kier alpha value is -3.61. The molecule has 0 spiro atoms. The highest BCUT2D eigenvalue weighted by molar-refractivity contribution is 5.95. The van der Waals surface area contributed by atoms with Crippen molar-refractivity contribution in [2.45, 2.75) is 12.8 Å².